The van der Waals surface area contributed by atoms with E-state index in [9.17, 15) is 9.90 Å². The van der Waals surface area contributed by atoms with Crippen LogP contribution in [0.15, 0.2) is 18.2 Å². The van der Waals surface area contributed by atoms with Crippen molar-refractivity contribution < 1.29 is 9.90 Å². The third-order valence-electron chi connectivity index (χ3n) is 3.09. The third kappa shape index (κ3) is 3.61. The average Bonchev–Trinajstić information content (AvgIpc) is 2.83. The molecule has 1 aromatic rings. The molecule has 0 spiro atoms. The second kappa shape index (κ2) is 5.79. The summed E-state index contributed by atoms with van der Waals surface area (Å²) in [4.78, 5) is 18.1. The highest BCUT2D eigenvalue weighted by molar-refractivity contribution is 7.99. The molecule has 2 rings (SSSR count). The van der Waals surface area contributed by atoms with Crippen LogP contribution >= 0.6 is 11.8 Å². The molecule has 1 unspecified atom stereocenters. The van der Waals surface area contributed by atoms with Crippen LogP contribution in [0.5, 0.6) is 0 Å². The Bertz CT molecular complexity index is 459. The third-order valence-corrected chi connectivity index (χ3v) is 4.32. The number of hydrogen-bond donors (Lipinski definition) is 2. The van der Waals surface area contributed by atoms with Gasteiger partial charge < -0.3 is 15.3 Å². The molecule has 2 N–H and O–H groups in total. The zero-order valence-electron chi connectivity index (χ0n) is 11.2. The van der Waals surface area contributed by atoms with Crippen LogP contribution in [-0.2, 0) is 0 Å². The fraction of sp³-hybridized carbons (Fsp3) is 0.538. The Labute approximate surface area is 117 Å². The number of pyridine rings is 1. The molecule has 1 aliphatic heterocycles. The van der Waals surface area contributed by atoms with Crippen molar-refractivity contribution in [3.63, 3.8) is 0 Å². The molecule has 1 amide bonds. The van der Waals surface area contributed by atoms with Gasteiger partial charge in [0.25, 0.3) is 5.91 Å². The standard InChI is InChI=1S/C13H19N3O2S/c1-16(2)11-5-3-4-10(15-11)12(17)14-8-13(18)6-7-19-9-13/h3-5,18H,6-9H2,1-2H3,(H,14,17). The Morgan fingerprint density at radius 1 is 1.58 bits per heavy atom. The van der Waals surface area contributed by atoms with Gasteiger partial charge in [0.2, 0.25) is 0 Å². The molecule has 0 bridgehead atoms. The number of nitrogens with zero attached hydrogens (tertiary/aromatic N) is 2. The topological polar surface area (TPSA) is 65.5 Å². The van der Waals surface area contributed by atoms with Gasteiger partial charge in [-0.2, -0.15) is 11.8 Å². The lowest BCUT2D eigenvalue weighted by atomic mass is 10.0. The van der Waals surface area contributed by atoms with Crippen molar-refractivity contribution in [3.8, 4) is 0 Å². The van der Waals surface area contributed by atoms with Crippen LogP contribution in [0.25, 0.3) is 0 Å². The van der Waals surface area contributed by atoms with E-state index in [0.717, 1.165) is 18.0 Å². The molecule has 1 aliphatic rings. The number of aromatic nitrogens is 1. The average molecular weight is 281 g/mol. The van der Waals surface area contributed by atoms with Crippen LogP contribution < -0.4 is 10.2 Å². The van der Waals surface area contributed by atoms with E-state index in [2.05, 4.69) is 10.3 Å². The maximum atomic E-state index is 12.0. The molecule has 5 nitrogen and oxygen atoms in total. The molecule has 0 aliphatic carbocycles. The largest absolute Gasteiger partial charge is 0.387 e. The number of carbonyl (C=O) groups is 1. The summed E-state index contributed by atoms with van der Waals surface area (Å²) in [5, 5.41) is 12.9. The van der Waals surface area contributed by atoms with Gasteiger partial charge in [-0.1, -0.05) is 6.07 Å². The zero-order valence-corrected chi connectivity index (χ0v) is 12.0. The number of hydrogen-bond acceptors (Lipinski definition) is 5. The Balaban J connectivity index is 1.98. The van der Waals surface area contributed by atoms with E-state index in [1.54, 1.807) is 23.9 Å². The first-order valence-corrected chi connectivity index (χ1v) is 7.38. The molecule has 1 atom stereocenters. The quantitative estimate of drug-likeness (QED) is 0.852. The van der Waals surface area contributed by atoms with Crippen molar-refractivity contribution in [3.05, 3.63) is 23.9 Å². The van der Waals surface area contributed by atoms with E-state index in [0.29, 0.717) is 11.4 Å². The minimum absolute atomic E-state index is 0.242. The first-order valence-electron chi connectivity index (χ1n) is 6.23. The van der Waals surface area contributed by atoms with Crippen molar-refractivity contribution in [2.75, 3.05) is 37.0 Å². The van der Waals surface area contributed by atoms with Crippen molar-refractivity contribution in [2.45, 2.75) is 12.0 Å². The second-order valence-corrected chi connectivity index (χ2v) is 6.09. The smallest absolute Gasteiger partial charge is 0.270 e. The Morgan fingerprint density at radius 3 is 3.00 bits per heavy atom. The van der Waals surface area contributed by atoms with Crippen molar-refractivity contribution in [1.82, 2.24) is 10.3 Å². The number of aliphatic hydroxyl groups is 1. The summed E-state index contributed by atoms with van der Waals surface area (Å²) in [6, 6.07) is 5.32. The van der Waals surface area contributed by atoms with Crippen LogP contribution in [0, 0.1) is 0 Å². The number of carbonyl (C=O) groups excluding carboxylic acids is 1. The fourth-order valence-corrected chi connectivity index (χ4v) is 3.17. The summed E-state index contributed by atoms with van der Waals surface area (Å²) in [6.07, 6.45) is 0.725. The number of thioether (sulfide) groups is 1. The molecule has 1 aromatic heterocycles. The van der Waals surface area contributed by atoms with Crippen LogP contribution in [-0.4, -0.2) is 53.7 Å². The molecule has 19 heavy (non-hydrogen) atoms. The lowest BCUT2D eigenvalue weighted by Gasteiger charge is -2.21. The van der Waals surface area contributed by atoms with E-state index in [-0.39, 0.29) is 12.5 Å². The van der Waals surface area contributed by atoms with E-state index in [4.69, 9.17) is 0 Å². The van der Waals surface area contributed by atoms with Gasteiger partial charge in [-0.15, -0.1) is 0 Å². The van der Waals surface area contributed by atoms with Gasteiger partial charge in [-0.3, -0.25) is 4.79 Å². The molecule has 2 heterocycles. The number of anilines is 1. The van der Waals surface area contributed by atoms with E-state index >= 15 is 0 Å². The molecule has 1 fully saturated rings. The monoisotopic (exact) mass is 281 g/mol. The Kier molecular flexibility index (Phi) is 4.31. The van der Waals surface area contributed by atoms with Gasteiger partial charge >= 0.3 is 0 Å². The predicted octanol–water partition coefficient (Wildman–Crippen LogP) is 0.745. The summed E-state index contributed by atoms with van der Waals surface area (Å²) < 4.78 is 0. The van der Waals surface area contributed by atoms with Crippen LogP contribution in [0.1, 0.15) is 16.9 Å². The Morgan fingerprint density at radius 2 is 2.37 bits per heavy atom. The van der Waals surface area contributed by atoms with Crippen LogP contribution in [0.3, 0.4) is 0 Å². The minimum atomic E-state index is -0.764. The summed E-state index contributed by atoms with van der Waals surface area (Å²) >= 11 is 1.71. The lowest BCUT2D eigenvalue weighted by molar-refractivity contribution is 0.0611. The van der Waals surface area contributed by atoms with Crippen molar-refractivity contribution in [1.29, 1.82) is 0 Å². The molecule has 0 saturated carbocycles. The number of nitrogens with one attached hydrogen (secondary N) is 1. The molecule has 0 aromatic carbocycles. The molecule has 104 valence electrons. The summed E-state index contributed by atoms with van der Waals surface area (Å²) in [6.45, 7) is 0.284. The van der Waals surface area contributed by atoms with E-state index < -0.39 is 5.60 Å². The number of rotatable bonds is 4. The maximum Gasteiger partial charge on any atom is 0.270 e. The molecule has 6 heteroatoms. The maximum absolute atomic E-state index is 12.0. The highest BCUT2D eigenvalue weighted by Crippen LogP contribution is 2.27. The number of amides is 1. The minimum Gasteiger partial charge on any atom is -0.387 e. The zero-order chi connectivity index (χ0) is 13.9. The van der Waals surface area contributed by atoms with Crippen LogP contribution in [0.4, 0.5) is 5.82 Å². The molecule has 1 saturated heterocycles. The summed E-state index contributed by atoms with van der Waals surface area (Å²) in [5.41, 5.74) is -0.389. The van der Waals surface area contributed by atoms with Crippen molar-refractivity contribution in [2.24, 2.45) is 0 Å². The fourth-order valence-electron chi connectivity index (χ4n) is 1.87. The van der Waals surface area contributed by atoms with Gasteiger partial charge in [-0.05, 0) is 24.3 Å². The summed E-state index contributed by atoms with van der Waals surface area (Å²) in [7, 11) is 3.75. The predicted molar refractivity (Wildman–Crippen MR) is 77.8 cm³/mol. The normalized spacial score (nSPS) is 22.3. The van der Waals surface area contributed by atoms with Gasteiger partial charge in [0.1, 0.15) is 11.5 Å². The second-order valence-electron chi connectivity index (χ2n) is 4.99. The Hall–Kier alpha value is -1.27. The highest BCUT2D eigenvalue weighted by atomic mass is 32.2. The van der Waals surface area contributed by atoms with Gasteiger partial charge in [0, 0.05) is 26.4 Å². The first kappa shape index (κ1) is 14.1. The van der Waals surface area contributed by atoms with Gasteiger partial charge in [-0.25, -0.2) is 4.98 Å². The molecular weight excluding hydrogens is 262 g/mol. The summed E-state index contributed by atoms with van der Waals surface area (Å²) in [5.74, 6) is 2.12. The van der Waals surface area contributed by atoms with Crippen molar-refractivity contribution >= 4 is 23.5 Å². The molecule has 0 radical (unpaired) electrons. The van der Waals surface area contributed by atoms with Gasteiger partial charge in [0.15, 0.2) is 0 Å². The van der Waals surface area contributed by atoms with E-state index in [1.165, 1.54) is 0 Å². The lowest BCUT2D eigenvalue weighted by Crippen LogP contribution is -2.43. The molecular formula is C13H19N3O2S. The highest BCUT2D eigenvalue weighted by Gasteiger charge is 2.32. The SMILES string of the molecule is CN(C)c1cccc(C(=O)NCC2(O)CCSC2)n1. The first-order chi connectivity index (χ1) is 9.00. The van der Waals surface area contributed by atoms with Crippen LogP contribution in [0.2, 0.25) is 0 Å². The van der Waals surface area contributed by atoms with E-state index in [1.807, 2.05) is 25.1 Å². The van der Waals surface area contributed by atoms with Gasteiger partial charge in [0.05, 0.1) is 5.60 Å².